The highest BCUT2D eigenvalue weighted by molar-refractivity contribution is 5.98. The zero-order valence-electron chi connectivity index (χ0n) is 19.2. The molecule has 1 aliphatic rings. The Morgan fingerprint density at radius 1 is 1.26 bits per heavy atom. The van der Waals surface area contributed by atoms with E-state index >= 15 is 0 Å². The van der Waals surface area contributed by atoms with E-state index in [9.17, 15) is 4.79 Å². The maximum Gasteiger partial charge on any atom is 0.267 e. The molecule has 0 fully saturated rings. The molecule has 34 heavy (non-hydrogen) atoms. The fourth-order valence-corrected chi connectivity index (χ4v) is 3.62. The summed E-state index contributed by atoms with van der Waals surface area (Å²) in [5, 5.41) is 6.09. The van der Waals surface area contributed by atoms with Crippen LogP contribution in [0.1, 0.15) is 5.56 Å². The van der Waals surface area contributed by atoms with Crippen LogP contribution in [0.15, 0.2) is 61.3 Å². The van der Waals surface area contributed by atoms with Gasteiger partial charge < -0.3 is 29.7 Å². The lowest BCUT2D eigenvalue weighted by Crippen LogP contribution is -2.24. The molecule has 2 N–H and O–H groups in total. The highest BCUT2D eigenvalue weighted by atomic mass is 16.5. The summed E-state index contributed by atoms with van der Waals surface area (Å²) in [5.41, 5.74) is 3.94. The maximum atomic E-state index is 11.6. The van der Waals surface area contributed by atoms with Crippen LogP contribution in [0, 0.1) is 0 Å². The van der Waals surface area contributed by atoms with Gasteiger partial charge in [-0.3, -0.25) is 4.79 Å². The lowest BCUT2D eigenvalue weighted by atomic mass is 10.1. The lowest BCUT2D eigenvalue weighted by molar-refractivity contribution is -0.111. The van der Waals surface area contributed by atoms with Gasteiger partial charge in [0.25, 0.3) is 5.88 Å². The topological polar surface area (TPSA) is 97.8 Å². The average Bonchev–Trinajstić information content (AvgIpc) is 3.33. The summed E-state index contributed by atoms with van der Waals surface area (Å²) in [7, 11) is 3.19. The summed E-state index contributed by atoms with van der Waals surface area (Å²) >= 11 is 0. The van der Waals surface area contributed by atoms with Crippen molar-refractivity contribution in [1.82, 2.24) is 9.97 Å². The third-order valence-corrected chi connectivity index (χ3v) is 5.30. The fraction of sp³-hybridized carbons (Fsp3) is 0.240. The number of benzene rings is 2. The van der Waals surface area contributed by atoms with E-state index in [-0.39, 0.29) is 11.8 Å². The molecule has 1 aromatic heterocycles. The van der Waals surface area contributed by atoms with E-state index in [4.69, 9.17) is 14.2 Å². The van der Waals surface area contributed by atoms with Gasteiger partial charge in [0, 0.05) is 43.3 Å². The van der Waals surface area contributed by atoms with Crippen LogP contribution in [0.2, 0.25) is 0 Å². The molecule has 2 heterocycles. The molecule has 0 unspecified atom stereocenters. The molecule has 1 amide bonds. The highest BCUT2D eigenvalue weighted by Crippen LogP contribution is 2.34. The number of carbonyl (C=O) groups is 1. The van der Waals surface area contributed by atoms with Crippen molar-refractivity contribution in [1.29, 1.82) is 0 Å². The Bertz CT molecular complexity index is 1180. The maximum absolute atomic E-state index is 11.6. The normalized spacial score (nSPS) is 11.8. The van der Waals surface area contributed by atoms with Gasteiger partial charge in [-0.2, -0.15) is 4.98 Å². The second-order valence-corrected chi connectivity index (χ2v) is 7.53. The van der Waals surface area contributed by atoms with E-state index in [1.807, 2.05) is 11.0 Å². The summed E-state index contributed by atoms with van der Waals surface area (Å²) in [6.07, 6.45) is 3.75. The van der Waals surface area contributed by atoms with Crippen LogP contribution >= 0.6 is 0 Å². The quantitative estimate of drug-likeness (QED) is 0.435. The first-order valence-electron chi connectivity index (χ1n) is 10.9. The summed E-state index contributed by atoms with van der Waals surface area (Å²) in [5.74, 6) is 1.27. The van der Waals surface area contributed by atoms with Crippen LogP contribution in [-0.4, -0.2) is 49.8 Å². The first-order valence-corrected chi connectivity index (χ1v) is 10.9. The Morgan fingerprint density at radius 2 is 2.15 bits per heavy atom. The third-order valence-electron chi connectivity index (χ3n) is 5.30. The fourth-order valence-electron chi connectivity index (χ4n) is 3.62. The van der Waals surface area contributed by atoms with Crippen molar-refractivity contribution in [2.24, 2.45) is 0 Å². The predicted molar refractivity (Wildman–Crippen MR) is 131 cm³/mol. The molecular weight excluding hydrogens is 434 g/mol. The number of hydrogen-bond acceptors (Lipinski definition) is 8. The molecule has 4 rings (SSSR count). The van der Waals surface area contributed by atoms with E-state index in [1.54, 1.807) is 37.6 Å². The number of carbonyl (C=O) groups excluding carboxylic acids is 1. The number of methoxy groups -OCH3 is 2. The van der Waals surface area contributed by atoms with Gasteiger partial charge in [-0.25, -0.2) is 4.98 Å². The van der Waals surface area contributed by atoms with E-state index in [1.165, 1.54) is 18.7 Å². The van der Waals surface area contributed by atoms with Crippen LogP contribution < -0.4 is 25.0 Å². The third kappa shape index (κ3) is 5.26. The predicted octanol–water partition coefficient (Wildman–Crippen LogP) is 4.15. The summed E-state index contributed by atoms with van der Waals surface area (Å²) in [6.45, 7) is 5.44. The highest BCUT2D eigenvalue weighted by Gasteiger charge is 2.19. The van der Waals surface area contributed by atoms with E-state index in [0.717, 1.165) is 24.3 Å². The zero-order valence-corrected chi connectivity index (χ0v) is 19.2. The number of fused-ring (bicyclic) bond motifs is 1. The van der Waals surface area contributed by atoms with Crippen molar-refractivity contribution >= 4 is 28.9 Å². The van der Waals surface area contributed by atoms with Crippen LogP contribution in [0.5, 0.6) is 17.4 Å². The zero-order chi connectivity index (χ0) is 23.9. The van der Waals surface area contributed by atoms with Crippen molar-refractivity contribution in [2.75, 3.05) is 49.4 Å². The summed E-state index contributed by atoms with van der Waals surface area (Å²) in [4.78, 5) is 22.8. The molecule has 0 aliphatic carbocycles. The second-order valence-electron chi connectivity index (χ2n) is 7.53. The number of aromatic nitrogens is 2. The van der Waals surface area contributed by atoms with Gasteiger partial charge in [0.15, 0.2) is 5.75 Å². The summed E-state index contributed by atoms with van der Waals surface area (Å²) in [6, 6.07) is 13.2. The van der Waals surface area contributed by atoms with Crippen LogP contribution in [0.4, 0.5) is 23.0 Å². The SMILES string of the molecule is C=CC(=O)Nc1cccc(Oc2nc(N(CCOC)c3ccc4c(c3)CCN4)ncc2OC)c1. The van der Waals surface area contributed by atoms with Crippen molar-refractivity contribution < 1.29 is 19.0 Å². The molecule has 176 valence electrons. The molecule has 9 nitrogen and oxygen atoms in total. The molecule has 0 saturated carbocycles. The molecular formula is C25H27N5O4. The Labute approximate surface area is 198 Å². The number of nitrogens with zero attached hydrogens (tertiary/aromatic N) is 3. The number of anilines is 4. The van der Waals surface area contributed by atoms with E-state index in [2.05, 4.69) is 39.3 Å². The van der Waals surface area contributed by atoms with Crippen molar-refractivity contribution in [2.45, 2.75) is 6.42 Å². The smallest absolute Gasteiger partial charge is 0.267 e. The largest absolute Gasteiger partial charge is 0.490 e. The Hall–Kier alpha value is -4.11. The van der Waals surface area contributed by atoms with Gasteiger partial charge >= 0.3 is 0 Å². The second kappa shape index (κ2) is 10.7. The monoisotopic (exact) mass is 461 g/mol. The van der Waals surface area contributed by atoms with Gasteiger partial charge in [-0.1, -0.05) is 12.6 Å². The van der Waals surface area contributed by atoms with Gasteiger partial charge in [-0.05, 0) is 48.4 Å². The molecule has 3 aromatic rings. The number of nitrogens with one attached hydrogen (secondary N) is 2. The minimum Gasteiger partial charge on any atom is -0.490 e. The Balaban J connectivity index is 1.65. The van der Waals surface area contributed by atoms with Gasteiger partial charge in [0.05, 0.1) is 19.9 Å². The Morgan fingerprint density at radius 3 is 2.94 bits per heavy atom. The van der Waals surface area contributed by atoms with Crippen LogP contribution in [0.25, 0.3) is 0 Å². The number of rotatable bonds is 10. The van der Waals surface area contributed by atoms with Crippen LogP contribution in [0.3, 0.4) is 0 Å². The van der Waals surface area contributed by atoms with Crippen molar-refractivity contribution in [3.05, 3.63) is 66.9 Å². The molecule has 0 radical (unpaired) electrons. The van der Waals surface area contributed by atoms with Gasteiger partial charge in [0.1, 0.15) is 5.75 Å². The number of amides is 1. The van der Waals surface area contributed by atoms with Gasteiger partial charge in [-0.15, -0.1) is 0 Å². The van der Waals surface area contributed by atoms with Gasteiger partial charge in [0.2, 0.25) is 11.9 Å². The standard InChI is InChI=1S/C25H27N5O4/c1-4-23(31)28-18-6-5-7-20(15-18)34-24-22(33-3)16-27-25(29-24)30(12-13-32-2)19-8-9-21-17(14-19)10-11-26-21/h4-9,14-16,26H,1,10-13H2,2-3H3,(H,28,31). The summed E-state index contributed by atoms with van der Waals surface area (Å²) < 4.78 is 16.8. The molecule has 2 aromatic carbocycles. The van der Waals surface area contributed by atoms with E-state index < -0.39 is 0 Å². The average molecular weight is 462 g/mol. The molecule has 9 heteroatoms. The molecule has 0 saturated heterocycles. The number of ether oxygens (including phenoxy) is 3. The first-order chi connectivity index (χ1) is 16.6. The number of hydrogen-bond donors (Lipinski definition) is 2. The van der Waals surface area contributed by atoms with Crippen molar-refractivity contribution in [3.63, 3.8) is 0 Å². The first kappa shape index (κ1) is 23.1. The Kier molecular flexibility index (Phi) is 7.24. The molecule has 0 spiro atoms. The van der Waals surface area contributed by atoms with Crippen LogP contribution in [-0.2, 0) is 16.0 Å². The molecule has 0 bridgehead atoms. The molecule has 1 aliphatic heterocycles. The van der Waals surface area contributed by atoms with E-state index in [0.29, 0.717) is 36.3 Å². The minimum atomic E-state index is -0.308. The molecule has 0 atom stereocenters. The minimum absolute atomic E-state index is 0.255. The van der Waals surface area contributed by atoms with Crippen molar-refractivity contribution in [3.8, 4) is 17.4 Å². The lowest BCUT2D eigenvalue weighted by Gasteiger charge is -2.24.